The van der Waals surface area contributed by atoms with Gasteiger partial charge in [-0.3, -0.25) is 4.79 Å². The summed E-state index contributed by atoms with van der Waals surface area (Å²) in [6, 6.07) is 10.6. The number of anilines is 1. The van der Waals surface area contributed by atoms with E-state index in [1.54, 1.807) is 18.2 Å². The van der Waals surface area contributed by atoms with Crippen molar-refractivity contribution in [1.29, 1.82) is 0 Å². The third-order valence-corrected chi connectivity index (χ3v) is 9.94. The van der Waals surface area contributed by atoms with Crippen molar-refractivity contribution in [1.82, 2.24) is 20.0 Å². The van der Waals surface area contributed by atoms with E-state index >= 15 is 0 Å². The fourth-order valence-electron chi connectivity index (χ4n) is 5.28. The predicted octanol–water partition coefficient (Wildman–Crippen LogP) is 4.88. The van der Waals surface area contributed by atoms with Crippen molar-refractivity contribution in [3.05, 3.63) is 63.9 Å². The molecule has 2 heterocycles. The van der Waals surface area contributed by atoms with Crippen LogP contribution >= 0.6 is 23.2 Å². The summed E-state index contributed by atoms with van der Waals surface area (Å²) in [5, 5.41) is 20.1. The molecule has 0 saturated heterocycles. The Bertz CT molecular complexity index is 1670. The lowest BCUT2D eigenvalue weighted by Gasteiger charge is -2.27. The number of carboxylic acids is 1. The Morgan fingerprint density at radius 2 is 1.80 bits per heavy atom. The number of oxime groups is 1. The molecule has 0 bridgehead atoms. The second kappa shape index (κ2) is 13.8. The molecule has 2 atom stereocenters. The van der Waals surface area contributed by atoms with Crippen LogP contribution in [-0.2, 0) is 37.3 Å². The Hall–Kier alpha value is -3.65. The van der Waals surface area contributed by atoms with Crippen LogP contribution in [0.3, 0.4) is 0 Å². The minimum absolute atomic E-state index is 0.0214. The number of aliphatic carboxylic acids is 1. The number of sulfonamides is 1. The van der Waals surface area contributed by atoms with Crippen molar-refractivity contribution >= 4 is 56.8 Å². The largest absolute Gasteiger partial charge is 0.478 e. The molecular formula is C30H34Cl2N6O6S. The SMILES string of the molecule is CC(NC(=O)C1=NOC(CCCCNc2nc3c([nH]2)CCCC3)C1)(NS(=O)(=O)c1ccc(-c2c(Cl)cccc2Cl)cc1)C(=O)O. The number of aromatic amines is 1. The Kier molecular flexibility index (Phi) is 10.0. The summed E-state index contributed by atoms with van der Waals surface area (Å²) >= 11 is 12.5. The summed E-state index contributed by atoms with van der Waals surface area (Å²) in [5.74, 6) is -1.67. The van der Waals surface area contributed by atoms with Crippen LogP contribution in [-0.4, -0.2) is 59.4 Å². The van der Waals surface area contributed by atoms with Gasteiger partial charge >= 0.3 is 5.97 Å². The molecule has 0 fully saturated rings. The van der Waals surface area contributed by atoms with E-state index in [0.717, 1.165) is 50.8 Å². The molecule has 2 unspecified atom stereocenters. The van der Waals surface area contributed by atoms with Gasteiger partial charge in [0.25, 0.3) is 5.91 Å². The number of carbonyl (C=O) groups is 2. The molecular weight excluding hydrogens is 643 g/mol. The van der Waals surface area contributed by atoms with Crippen molar-refractivity contribution in [2.75, 3.05) is 11.9 Å². The molecule has 1 aliphatic carbocycles. The first-order chi connectivity index (χ1) is 21.4. The summed E-state index contributed by atoms with van der Waals surface area (Å²) in [6.07, 6.45) is 6.49. The number of benzene rings is 2. The number of H-pyrrole nitrogens is 1. The molecule has 1 aromatic heterocycles. The van der Waals surface area contributed by atoms with E-state index < -0.39 is 27.6 Å². The third kappa shape index (κ3) is 7.78. The standard InChI is InChI=1S/C30H34Cl2N6O6S/c1-30(28(40)41,38-45(42,43)20-14-12-18(13-15-20)26-21(31)8-6-9-22(26)32)36-27(39)25-17-19(44-37-25)7-4-5-16-33-29-34-23-10-2-3-11-24(23)35-29/h6,8-9,12-15,19,38H,2-5,7,10-11,16-17H2,1H3,(H,36,39)(H,40,41)(H2,33,34,35). The van der Waals surface area contributed by atoms with Gasteiger partial charge in [0.05, 0.1) is 10.6 Å². The van der Waals surface area contributed by atoms with Crippen LogP contribution in [0.2, 0.25) is 10.0 Å². The molecule has 15 heteroatoms. The maximum absolute atomic E-state index is 13.2. The number of hydrogen-bond donors (Lipinski definition) is 5. The summed E-state index contributed by atoms with van der Waals surface area (Å²) in [5.41, 5.74) is 1.06. The first-order valence-corrected chi connectivity index (χ1v) is 16.9. The van der Waals surface area contributed by atoms with E-state index in [4.69, 9.17) is 28.0 Å². The van der Waals surface area contributed by atoms with E-state index in [2.05, 4.69) is 30.5 Å². The Morgan fingerprint density at radius 3 is 2.49 bits per heavy atom. The Morgan fingerprint density at radius 1 is 1.09 bits per heavy atom. The lowest BCUT2D eigenvalue weighted by atomic mass is 10.0. The van der Waals surface area contributed by atoms with Gasteiger partial charge < -0.3 is 25.6 Å². The molecule has 5 N–H and O–H groups in total. The van der Waals surface area contributed by atoms with Crippen LogP contribution in [0.1, 0.15) is 56.8 Å². The lowest BCUT2D eigenvalue weighted by molar-refractivity contribution is -0.146. The normalized spacial score (nSPS) is 17.5. The number of unbranched alkanes of at least 4 members (excludes halogenated alkanes) is 1. The van der Waals surface area contributed by atoms with Gasteiger partial charge in [-0.1, -0.05) is 46.6 Å². The van der Waals surface area contributed by atoms with Crippen LogP contribution in [0, 0.1) is 0 Å². The Labute approximate surface area is 271 Å². The van der Waals surface area contributed by atoms with Gasteiger partial charge in [-0.05, 0) is 81.7 Å². The zero-order valence-corrected chi connectivity index (χ0v) is 26.9. The number of rotatable bonds is 13. The summed E-state index contributed by atoms with van der Waals surface area (Å²) in [6.45, 7) is 1.76. The fourth-order valence-corrected chi connectivity index (χ4v) is 7.19. The summed E-state index contributed by atoms with van der Waals surface area (Å²) < 4.78 is 28.4. The molecule has 45 heavy (non-hydrogen) atoms. The van der Waals surface area contributed by atoms with E-state index in [-0.39, 0.29) is 23.1 Å². The van der Waals surface area contributed by atoms with Gasteiger partial charge in [0.15, 0.2) is 0 Å². The van der Waals surface area contributed by atoms with Gasteiger partial charge in [-0.2, -0.15) is 4.72 Å². The highest BCUT2D eigenvalue weighted by molar-refractivity contribution is 7.89. The second-order valence-corrected chi connectivity index (χ2v) is 13.7. The van der Waals surface area contributed by atoms with Crippen molar-refractivity contribution < 1.29 is 28.0 Å². The van der Waals surface area contributed by atoms with Crippen molar-refractivity contribution in [2.24, 2.45) is 5.16 Å². The highest BCUT2D eigenvalue weighted by atomic mass is 35.5. The van der Waals surface area contributed by atoms with Gasteiger partial charge in [0.1, 0.15) is 11.8 Å². The van der Waals surface area contributed by atoms with Crippen molar-refractivity contribution in [2.45, 2.75) is 75.0 Å². The molecule has 240 valence electrons. The van der Waals surface area contributed by atoms with Gasteiger partial charge in [0.2, 0.25) is 21.6 Å². The number of amides is 1. The number of hydrogen-bond acceptors (Lipinski definition) is 8. The van der Waals surface area contributed by atoms with E-state index in [9.17, 15) is 23.1 Å². The second-order valence-electron chi connectivity index (χ2n) is 11.2. The lowest BCUT2D eigenvalue weighted by Crippen LogP contribution is -2.64. The van der Waals surface area contributed by atoms with Gasteiger partial charge in [0, 0.05) is 34.3 Å². The zero-order chi connectivity index (χ0) is 32.2. The fraction of sp³-hybridized carbons (Fsp3) is 0.400. The molecule has 3 aromatic rings. The highest BCUT2D eigenvalue weighted by Gasteiger charge is 2.41. The zero-order valence-electron chi connectivity index (χ0n) is 24.5. The Balaban J connectivity index is 1.11. The van der Waals surface area contributed by atoms with Crippen LogP contribution in [0.5, 0.6) is 0 Å². The molecule has 0 radical (unpaired) electrons. The number of carboxylic acid groups (broad SMARTS) is 1. The number of halogens is 2. The number of nitrogens with zero attached hydrogens (tertiary/aromatic N) is 2. The van der Waals surface area contributed by atoms with Crippen LogP contribution in [0.25, 0.3) is 11.1 Å². The summed E-state index contributed by atoms with van der Waals surface area (Å²) in [4.78, 5) is 38.2. The molecule has 5 rings (SSSR count). The first kappa shape index (κ1) is 32.7. The topological polar surface area (TPSA) is 175 Å². The maximum atomic E-state index is 13.2. The van der Waals surface area contributed by atoms with Crippen molar-refractivity contribution in [3.63, 3.8) is 0 Å². The van der Waals surface area contributed by atoms with E-state index in [0.29, 0.717) is 27.6 Å². The molecule has 12 nitrogen and oxygen atoms in total. The van der Waals surface area contributed by atoms with Crippen LogP contribution in [0.15, 0.2) is 52.5 Å². The number of imidazole rings is 1. The average Bonchev–Trinajstić information content (AvgIpc) is 3.64. The number of aromatic nitrogens is 2. The number of aryl methyl sites for hydroxylation is 2. The monoisotopic (exact) mass is 676 g/mol. The highest BCUT2D eigenvalue weighted by Crippen LogP contribution is 2.35. The molecule has 1 amide bonds. The molecule has 1 aliphatic heterocycles. The molecule has 2 aromatic carbocycles. The first-order valence-electron chi connectivity index (χ1n) is 14.6. The third-order valence-electron chi connectivity index (χ3n) is 7.74. The summed E-state index contributed by atoms with van der Waals surface area (Å²) in [7, 11) is -4.40. The average molecular weight is 678 g/mol. The molecule has 2 aliphatic rings. The maximum Gasteiger partial charge on any atom is 0.345 e. The number of carbonyl (C=O) groups excluding carboxylic acids is 1. The van der Waals surface area contributed by atoms with Gasteiger partial charge in [-0.15, -0.1) is 0 Å². The quantitative estimate of drug-likeness (QED) is 0.126. The number of nitrogens with one attached hydrogen (secondary N) is 4. The van der Waals surface area contributed by atoms with Crippen LogP contribution in [0.4, 0.5) is 5.95 Å². The predicted molar refractivity (Wildman–Crippen MR) is 171 cm³/mol. The molecule has 0 saturated carbocycles. The minimum atomic E-state index is -4.40. The number of fused-ring (bicyclic) bond motifs is 1. The molecule has 0 spiro atoms. The van der Waals surface area contributed by atoms with Gasteiger partial charge in [-0.25, -0.2) is 18.2 Å². The van der Waals surface area contributed by atoms with Crippen LogP contribution < -0.4 is 15.4 Å². The van der Waals surface area contributed by atoms with E-state index in [1.165, 1.54) is 42.8 Å². The van der Waals surface area contributed by atoms with E-state index in [1.807, 2.05) is 0 Å². The smallest absolute Gasteiger partial charge is 0.345 e. The minimum Gasteiger partial charge on any atom is -0.478 e. The van der Waals surface area contributed by atoms with Crippen molar-refractivity contribution in [3.8, 4) is 11.1 Å².